The summed E-state index contributed by atoms with van der Waals surface area (Å²) < 4.78 is 26.0. The molecule has 0 saturated heterocycles. The summed E-state index contributed by atoms with van der Waals surface area (Å²) in [6, 6.07) is 13.5. The molecule has 1 aromatic heterocycles. The van der Waals surface area contributed by atoms with Crippen LogP contribution in [0, 0.1) is 0 Å². The molecule has 21 heavy (non-hydrogen) atoms. The molecule has 2 N–H and O–H groups in total. The van der Waals surface area contributed by atoms with Crippen molar-refractivity contribution in [2.75, 3.05) is 17.0 Å². The summed E-state index contributed by atoms with van der Waals surface area (Å²) in [6.45, 7) is 0.0237. The summed E-state index contributed by atoms with van der Waals surface area (Å²) in [4.78, 5) is 15.6. The van der Waals surface area contributed by atoms with Crippen LogP contribution in [0.2, 0.25) is 0 Å². The van der Waals surface area contributed by atoms with E-state index < -0.39 is 10.0 Å². The average molecular weight is 305 g/mol. The van der Waals surface area contributed by atoms with Crippen molar-refractivity contribution in [1.29, 1.82) is 0 Å². The number of hydrogen-bond donors (Lipinski definition) is 2. The summed E-state index contributed by atoms with van der Waals surface area (Å²) >= 11 is 0. The van der Waals surface area contributed by atoms with Gasteiger partial charge in [0.1, 0.15) is 5.82 Å². The zero-order valence-electron chi connectivity index (χ0n) is 11.2. The first-order valence-corrected chi connectivity index (χ1v) is 7.97. The molecule has 0 saturated carbocycles. The highest BCUT2D eigenvalue weighted by atomic mass is 32.2. The van der Waals surface area contributed by atoms with E-state index in [-0.39, 0.29) is 24.0 Å². The summed E-state index contributed by atoms with van der Waals surface area (Å²) in [5, 5.41) is 2.56. The molecule has 7 heteroatoms. The number of carbonyl (C=O) groups is 1. The molecule has 1 aromatic carbocycles. The summed E-state index contributed by atoms with van der Waals surface area (Å²) in [7, 11) is -3.54. The molecule has 2 rings (SSSR count). The number of carbonyl (C=O) groups excluding carboxylic acids is 1. The van der Waals surface area contributed by atoms with E-state index in [1.165, 1.54) is 6.20 Å². The van der Waals surface area contributed by atoms with Gasteiger partial charge in [0.05, 0.1) is 5.75 Å². The Balaban J connectivity index is 1.84. The fraction of sp³-hybridized carbons (Fsp3) is 0.143. The third-order valence-corrected chi connectivity index (χ3v) is 3.88. The monoisotopic (exact) mass is 305 g/mol. The second kappa shape index (κ2) is 6.85. The van der Waals surface area contributed by atoms with E-state index in [1.54, 1.807) is 48.5 Å². The Morgan fingerprint density at radius 2 is 1.76 bits per heavy atom. The Bertz CT molecular complexity index is 688. The van der Waals surface area contributed by atoms with Gasteiger partial charge in [0, 0.05) is 18.3 Å². The third-order valence-electron chi connectivity index (χ3n) is 2.62. The van der Waals surface area contributed by atoms with Gasteiger partial charge in [-0.15, -0.1) is 0 Å². The predicted octanol–water partition coefficient (Wildman–Crippen LogP) is 1.25. The van der Waals surface area contributed by atoms with Crippen LogP contribution in [0.5, 0.6) is 0 Å². The molecule has 6 nitrogen and oxygen atoms in total. The van der Waals surface area contributed by atoms with Gasteiger partial charge in [0.25, 0.3) is 5.91 Å². The first-order valence-electron chi connectivity index (χ1n) is 6.31. The highest BCUT2D eigenvalue weighted by Crippen LogP contribution is 2.03. The minimum absolute atomic E-state index is 0.0237. The van der Waals surface area contributed by atoms with Crippen molar-refractivity contribution in [3.05, 3.63) is 60.3 Å². The van der Waals surface area contributed by atoms with E-state index in [0.29, 0.717) is 5.56 Å². The highest BCUT2D eigenvalue weighted by Gasteiger charge is 2.12. The maximum atomic E-state index is 11.8. The van der Waals surface area contributed by atoms with E-state index in [9.17, 15) is 13.2 Å². The lowest BCUT2D eigenvalue weighted by Crippen LogP contribution is -2.31. The molecule has 0 radical (unpaired) electrons. The molecule has 0 aliphatic heterocycles. The Kier molecular flexibility index (Phi) is 4.89. The van der Waals surface area contributed by atoms with Crippen LogP contribution >= 0.6 is 0 Å². The van der Waals surface area contributed by atoms with Crippen molar-refractivity contribution in [2.45, 2.75) is 0 Å². The van der Waals surface area contributed by atoms with Crippen molar-refractivity contribution in [3.63, 3.8) is 0 Å². The van der Waals surface area contributed by atoms with Crippen LogP contribution in [-0.4, -0.2) is 31.6 Å². The van der Waals surface area contributed by atoms with Gasteiger partial charge in [-0.3, -0.25) is 9.52 Å². The van der Waals surface area contributed by atoms with Crippen LogP contribution in [0.25, 0.3) is 0 Å². The zero-order valence-corrected chi connectivity index (χ0v) is 12.0. The molecule has 0 aliphatic rings. The van der Waals surface area contributed by atoms with Crippen molar-refractivity contribution in [2.24, 2.45) is 0 Å². The van der Waals surface area contributed by atoms with E-state index in [4.69, 9.17) is 0 Å². The van der Waals surface area contributed by atoms with Gasteiger partial charge in [-0.25, -0.2) is 13.4 Å². The number of rotatable bonds is 6. The number of aromatic nitrogens is 1. The molecule has 0 spiro atoms. The van der Waals surface area contributed by atoms with Crippen LogP contribution < -0.4 is 10.0 Å². The normalized spacial score (nSPS) is 10.9. The van der Waals surface area contributed by atoms with E-state index in [1.807, 2.05) is 0 Å². The second-order valence-electron chi connectivity index (χ2n) is 4.26. The molecule has 2 aromatic rings. The molecular formula is C14H15N3O3S. The topological polar surface area (TPSA) is 88.2 Å². The number of hydrogen-bond acceptors (Lipinski definition) is 4. The van der Waals surface area contributed by atoms with Gasteiger partial charge in [-0.2, -0.15) is 0 Å². The molecule has 110 valence electrons. The van der Waals surface area contributed by atoms with Crippen molar-refractivity contribution in [3.8, 4) is 0 Å². The smallest absolute Gasteiger partial charge is 0.251 e. The van der Waals surface area contributed by atoms with Crippen molar-refractivity contribution >= 4 is 21.7 Å². The zero-order chi connectivity index (χ0) is 15.1. The SMILES string of the molecule is O=C(NCCS(=O)(=O)Nc1ccccn1)c1ccccc1. The molecule has 0 aliphatic carbocycles. The van der Waals surface area contributed by atoms with Gasteiger partial charge >= 0.3 is 0 Å². The lowest BCUT2D eigenvalue weighted by atomic mass is 10.2. The molecule has 0 bridgehead atoms. The van der Waals surface area contributed by atoms with Crippen LogP contribution in [0.4, 0.5) is 5.82 Å². The first-order chi connectivity index (χ1) is 10.1. The standard InChI is InChI=1S/C14H15N3O3S/c18-14(12-6-2-1-3-7-12)16-10-11-21(19,20)17-13-8-4-5-9-15-13/h1-9H,10-11H2,(H,15,17)(H,16,18). The van der Waals surface area contributed by atoms with E-state index in [0.717, 1.165) is 0 Å². The third kappa shape index (κ3) is 4.88. The number of pyridine rings is 1. The van der Waals surface area contributed by atoms with Gasteiger partial charge in [-0.05, 0) is 24.3 Å². The van der Waals surface area contributed by atoms with Gasteiger partial charge in [0.15, 0.2) is 0 Å². The predicted molar refractivity (Wildman–Crippen MR) is 80.4 cm³/mol. The average Bonchev–Trinajstić information content (AvgIpc) is 2.48. The maximum Gasteiger partial charge on any atom is 0.251 e. The van der Waals surface area contributed by atoms with Crippen LogP contribution in [0.15, 0.2) is 54.7 Å². The Hall–Kier alpha value is -2.41. The Labute approximate surface area is 123 Å². The van der Waals surface area contributed by atoms with Crippen LogP contribution in [0.3, 0.4) is 0 Å². The quantitative estimate of drug-likeness (QED) is 0.841. The van der Waals surface area contributed by atoms with E-state index in [2.05, 4.69) is 15.0 Å². The summed E-state index contributed by atoms with van der Waals surface area (Å²) in [5.41, 5.74) is 0.493. The summed E-state index contributed by atoms with van der Waals surface area (Å²) in [6.07, 6.45) is 1.50. The largest absolute Gasteiger partial charge is 0.351 e. The maximum absolute atomic E-state index is 11.8. The Morgan fingerprint density at radius 3 is 2.43 bits per heavy atom. The fourth-order valence-corrected chi connectivity index (χ4v) is 2.54. The first kappa shape index (κ1) is 15.0. The number of nitrogens with zero attached hydrogens (tertiary/aromatic N) is 1. The molecule has 0 fully saturated rings. The lowest BCUT2D eigenvalue weighted by molar-refractivity contribution is 0.0956. The molecule has 1 amide bonds. The fourth-order valence-electron chi connectivity index (χ4n) is 1.62. The van der Waals surface area contributed by atoms with Gasteiger partial charge in [0.2, 0.25) is 10.0 Å². The van der Waals surface area contributed by atoms with Crippen molar-refractivity contribution < 1.29 is 13.2 Å². The van der Waals surface area contributed by atoms with Crippen molar-refractivity contribution in [1.82, 2.24) is 10.3 Å². The van der Waals surface area contributed by atoms with E-state index >= 15 is 0 Å². The molecule has 1 heterocycles. The van der Waals surface area contributed by atoms with Crippen LogP contribution in [-0.2, 0) is 10.0 Å². The van der Waals surface area contributed by atoms with Gasteiger partial charge in [-0.1, -0.05) is 24.3 Å². The molecular weight excluding hydrogens is 290 g/mol. The highest BCUT2D eigenvalue weighted by molar-refractivity contribution is 7.92. The number of nitrogens with one attached hydrogen (secondary N) is 2. The number of anilines is 1. The molecule has 0 unspecified atom stereocenters. The van der Waals surface area contributed by atoms with Gasteiger partial charge < -0.3 is 5.32 Å². The Morgan fingerprint density at radius 1 is 1.05 bits per heavy atom. The lowest BCUT2D eigenvalue weighted by Gasteiger charge is -2.08. The second-order valence-corrected chi connectivity index (χ2v) is 6.10. The van der Waals surface area contributed by atoms with Crippen LogP contribution in [0.1, 0.15) is 10.4 Å². The number of benzene rings is 1. The minimum atomic E-state index is -3.54. The summed E-state index contributed by atoms with van der Waals surface area (Å²) in [5.74, 6) is -0.266. The molecule has 0 atom stereocenters. The number of amides is 1. The number of sulfonamides is 1. The minimum Gasteiger partial charge on any atom is -0.351 e.